The lowest BCUT2D eigenvalue weighted by molar-refractivity contribution is -0.239. The lowest BCUT2D eigenvalue weighted by Gasteiger charge is -2.55. The Morgan fingerprint density at radius 3 is 2.58 bits per heavy atom. The summed E-state index contributed by atoms with van der Waals surface area (Å²) in [4.78, 5) is 29.9. The molecule has 1 saturated carbocycles. The SMILES string of the molecule is CCOC(=O)[C@@]12CC3(CC[C@@]14c1cc5c(cc1CCCN4C(=O)[C@@H]2OS(C)(=O)=O)OCO5)OCCO3. The van der Waals surface area contributed by atoms with Crippen LogP contribution >= 0.6 is 0 Å². The Morgan fingerprint density at radius 2 is 1.89 bits per heavy atom. The minimum atomic E-state index is -4.14. The topological polar surface area (TPSA) is 127 Å². The van der Waals surface area contributed by atoms with Gasteiger partial charge in [-0.15, -0.1) is 0 Å². The summed E-state index contributed by atoms with van der Waals surface area (Å²) in [5.74, 6) is -1.32. The summed E-state index contributed by atoms with van der Waals surface area (Å²) < 4.78 is 59.4. The zero-order valence-corrected chi connectivity index (χ0v) is 21.1. The molecule has 2 saturated heterocycles. The zero-order valence-electron chi connectivity index (χ0n) is 20.2. The molecule has 4 heterocycles. The third-order valence-electron chi connectivity index (χ3n) is 8.15. The normalized spacial score (nSPS) is 32.1. The molecule has 4 aliphatic heterocycles. The highest BCUT2D eigenvalue weighted by Gasteiger charge is 2.79. The first-order valence-corrected chi connectivity index (χ1v) is 14.1. The molecule has 0 bridgehead atoms. The van der Waals surface area contributed by atoms with Crippen LogP contribution in [0.1, 0.15) is 43.7 Å². The third-order valence-corrected chi connectivity index (χ3v) is 8.69. The van der Waals surface area contributed by atoms with Gasteiger partial charge in [-0.3, -0.25) is 13.8 Å². The highest BCUT2D eigenvalue weighted by molar-refractivity contribution is 7.86. The number of ether oxygens (including phenoxy) is 5. The molecule has 5 aliphatic rings. The molecule has 6 rings (SSSR count). The molecule has 1 amide bonds. The van der Waals surface area contributed by atoms with Crippen molar-refractivity contribution in [2.45, 2.75) is 56.5 Å². The average Bonchev–Trinajstić information content (AvgIpc) is 3.49. The van der Waals surface area contributed by atoms with Crippen molar-refractivity contribution in [3.05, 3.63) is 23.3 Å². The standard InChI is InChI=1S/C24H29NO10S/c1-3-30-21(27)23-13-22(33-9-10-34-22)6-7-24(23)16-12-18-17(31-14-32-18)11-15(16)5-4-8-25(24)20(26)19(23)35-36(2,28)29/h11-12,19H,3-10,13-14H2,1-2H3/t19-,23-,24+/m0/s1. The number of carbonyl (C=O) groups is 2. The van der Waals surface area contributed by atoms with E-state index in [1.165, 1.54) is 0 Å². The molecule has 11 nitrogen and oxygen atoms in total. The molecule has 196 valence electrons. The molecule has 12 heteroatoms. The summed E-state index contributed by atoms with van der Waals surface area (Å²) in [7, 11) is -4.14. The molecule has 1 aromatic rings. The van der Waals surface area contributed by atoms with E-state index >= 15 is 0 Å². The lowest BCUT2D eigenvalue weighted by atomic mass is 9.55. The fourth-order valence-electron chi connectivity index (χ4n) is 6.95. The maximum Gasteiger partial charge on any atom is 0.318 e. The van der Waals surface area contributed by atoms with E-state index in [1.807, 2.05) is 12.1 Å². The fraction of sp³-hybridized carbons (Fsp3) is 0.667. The highest BCUT2D eigenvalue weighted by atomic mass is 32.2. The van der Waals surface area contributed by atoms with E-state index < -0.39 is 44.8 Å². The van der Waals surface area contributed by atoms with Crippen molar-refractivity contribution in [2.24, 2.45) is 5.41 Å². The zero-order chi connectivity index (χ0) is 25.3. The molecule has 1 aromatic carbocycles. The van der Waals surface area contributed by atoms with E-state index in [0.717, 1.165) is 17.4 Å². The number of hydrogen-bond donors (Lipinski definition) is 0. The van der Waals surface area contributed by atoms with E-state index in [0.29, 0.717) is 50.5 Å². The lowest BCUT2D eigenvalue weighted by Crippen LogP contribution is -2.64. The van der Waals surface area contributed by atoms with Crippen LogP contribution in [0, 0.1) is 5.41 Å². The Bertz CT molecular complexity index is 1230. The molecular weight excluding hydrogens is 494 g/mol. The van der Waals surface area contributed by atoms with Crippen molar-refractivity contribution in [2.75, 3.05) is 39.4 Å². The molecule has 3 atom stereocenters. The summed E-state index contributed by atoms with van der Waals surface area (Å²) in [6, 6.07) is 3.72. The van der Waals surface area contributed by atoms with E-state index in [4.69, 9.17) is 27.9 Å². The monoisotopic (exact) mass is 523 g/mol. The highest BCUT2D eigenvalue weighted by Crippen LogP contribution is 2.66. The summed E-state index contributed by atoms with van der Waals surface area (Å²) in [6.07, 6.45) is 1.10. The van der Waals surface area contributed by atoms with Gasteiger partial charge < -0.3 is 28.6 Å². The Kier molecular flexibility index (Phi) is 5.35. The molecule has 36 heavy (non-hydrogen) atoms. The Balaban J connectivity index is 1.66. The van der Waals surface area contributed by atoms with Crippen LogP contribution in [0.3, 0.4) is 0 Å². The summed E-state index contributed by atoms with van der Waals surface area (Å²) in [5, 5.41) is 0. The maximum absolute atomic E-state index is 14.1. The molecule has 2 spiro atoms. The second-order valence-corrected chi connectivity index (χ2v) is 11.6. The third kappa shape index (κ3) is 3.17. The van der Waals surface area contributed by atoms with E-state index in [2.05, 4.69) is 0 Å². The fourth-order valence-corrected chi connectivity index (χ4v) is 7.55. The number of nitrogens with zero attached hydrogens (tertiary/aromatic N) is 1. The predicted molar refractivity (Wildman–Crippen MR) is 122 cm³/mol. The van der Waals surface area contributed by atoms with Crippen LogP contribution in [-0.2, 0) is 50.1 Å². The van der Waals surface area contributed by atoms with E-state index in [9.17, 15) is 18.0 Å². The first kappa shape index (κ1) is 24.0. The molecule has 0 N–H and O–H groups in total. The Labute approximate surface area is 209 Å². The second-order valence-electron chi connectivity index (χ2n) is 9.97. The Morgan fingerprint density at radius 1 is 1.17 bits per heavy atom. The summed E-state index contributed by atoms with van der Waals surface area (Å²) in [6.45, 7) is 2.76. The van der Waals surface area contributed by atoms with Crippen molar-refractivity contribution >= 4 is 22.0 Å². The quantitative estimate of drug-likeness (QED) is 0.420. The first-order valence-electron chi connectivity index (χ1n) is 12.2. The van der Waals surface area contributed by atoms with Crippen molar-refractivity contribution in [1.29, 1.82) is 0 Å². The van der Waals surface area contributed by atoms with E-state index in [1.54, 1.807) is 11.8 Å². The predicted octanol–water partition coefficient (Wildman–Crippen LogP) is 1.22. The number of hydrogen-bond acceptors (Lipinski definition) is 10. The van der Waals surface area contributed by atoms with Gasteiger partial charge in [0.2, 0.25) is 6.79 Å². The van der Waals surface area contributed by atoms with Crippen molar-refractivity contribution in [1.82, 2.24) is 4.90 Å². The van der Waals surface area contributed by atoms with Gasteiger partial charge in [-0.1, -0.05) is 0 Å². The van der Waals surface area contributed by atoms with Gasteiger partial charge in [0.1, 0.15) is 5.41 Å². The average molecular weight is 524 g/mol. The van der Waals surface area contributed by atoms with Crippen LogP contribution in [0.15, 0.2) is 12.1 Å². The molecule has 3 fully saturated rings. The molecule has 1 aliphatic carbocycles. The molecule has 0 aromatic heterocycles. The number of rotatable bonds is 4. The first-order chi connectivity index (χ1) is 17.2. The largest absolute Gasteiger partial charge is 0.465 e. The smallest absolute Gasteiger partial charge is 0.318 e. The van der Waals surface area contributed by atoms with Crippen LogP contribution in [-0.4, -0.2) is 76.5 Å². The van der Waals surface area contributed by atoms with Gasteiger partial charge in [0.25, 0.3) is 16.0 Å². The van der Waals surface area contributed by atoms with Gasteiger partial charge in [-0.05, 0) is 49.4 Å². The molecular formula is C24H29NO10S. The van der Waals surface area contributed by atoms with Gasteiger partial charge in [0.15, 0.2) is 23.4 Å². The summed E-state index contributed by atoms with van der Waals surface area (Å²) >= 11 is 0. The van der Waals surface area contributed by atoms with Gasteiger partial charge in [0, 0.05) is 19.4 Å². The van der Waals surface area contributed by atoms with Crippen molar-refractivity contribution in [3.63, 3.8) is 0 Å². The van der Waals surface area contributed by atoms with Crippen LogP contribution in [0.5, 0.6) is 11.5 Å². The summed E-state index contributed by atoms with van der Waals surface area (Å²) in [5.41, 5.74) is -1.37. The molecule has 0 unspecified atom stereocenters. The number of fused-ring (bicyclic) bond motifs is 2. The minimum Gasteiger partial charge on any atom is -0.465 e. The van der Waals surface area contributed by atoms with Gasteiger partial charge >= 0.3 is 5.97 Å². The number of amides is 1. The number of carbonyl (C=O) groups excluding carboxylic acids is 2. The van der Waals surface area contributed by atoms with Gasteiger partial charge in [0.05, 0.1) is 31.6 Å². The van der Waals surface area contributed by atoms with E-state index in [-0.39, 0.29) is 26.2 Å². The van der Waals surface area contributed by atoms with Crippen molar-refractivity contribution < 1.29 is 45.9 Å². The van der Waals surface area contributed by atoms with Crippen LogP contribution in [0.4, 0.5) is 0 Å². The van der Waals surface area contributed by atoms with Crippen molar-refractivity contribution in [3.8, 4) is 11.5 Å². The molecule has 0 radical (unpaired) electrons. The van der Waals surface area contributed by atoms with Gasteiger partial charge in [-0.25, -0.2) is 0 Å². The number of aryl methyl sites for hydroxylation is 1. The second kappa shape index (κ2) is 8.04. The van der Waals surface area contributed by atoms with Crippen LogP contribution in [0.25, 0.3) is 0 Å². The van der Waals surface area contributed by atoms with Gasteiger partial charge in [-0.2, -0.15) is 8.42 Å². The van der Waals surface area contributed by atoms with Crippen LogP contribution in [0.2, 0.25) is 0 Å². The maximum atomic E-state index is 14.1. The minimum absolute atomic E-state index is 0.0408. The number of benzene rings is 1. The van der Waals surface area contributed by atoms with Crippen LogP contribution < -0.4 is 9.47 Å². The Hall–Kier alpha value is -2.41. The number of esters is 1.